The second-order valence-corrected chi connectivity index (χ2v) is 8.97. The lowest BCUT2D eigenvalue weighted by molar-refractivity contribution is -0.134. The zero-order chi connectivity index (χ0) is 25.2. The first kappa shape index (κ1) is 26.3. The number of aliphatic imine (C=N–C) groups is 1. The number of aryl methyl sites for hydroxylation is 2. The summed E-state index contributed by atoms with van der Waals surface area (Å²) in [5.74, 6) is -1.48. The standard InChI is InChI=1S/C24H32N2O.C4H4O4/c1-3-4-5-6-7-8-15-27-21-11-12-22-19(16-21)9-10-20-17-23-18(2)25-13-14-26(23)24(20)22;5-3(6)1-2-4(7)8/h11-12,16-17H,3-10,13-15H2,1-2H3;1-2H,(H,5,6)(H,7,8)/b;2-1+. The first-order chi connectivity index (χ1) is 16.9. The number of carboxylic acids is 2. The Bertz CT molecular complexity index is 1080. The zero-order valence-electron chi connectivity index (χ0n) is 20.8. The lowest BCUT2D eigenvalue weighted by Crippen LogP contribution is -2.17. The molecule has 2 heterocycles. The Labute approximate surface area is 207 Å². The Morgan fingerprint density at radius 2 is 1.69 bits per heavy atom. The monoisotopic (exact) mass is 480 g/mol. The molecule has 0 bridgehead atoms. The number of hydrogen-bond donors (Lipinski definition) is 2. The fraction of sp³-hybridized carbons (Fsp3) is 0.464. The second kappa shape index (κ2) is 12.9. The summed E-state index contributed by atoms with van der Waals surface area (Å²) >= 11 is 0. The number of carboxylic acid groups (broad SMARTS) is 2. The molecule has 1 aliphatic carbocycles. The van der Waals surface area contributed by atoms with Gasteiger partial charge in [-0.15, -0.1) is 0 Å². The van der Waals surface area contributed by atoms with Crippen LogP contribution in [-0.4, -0.2) is 45.6 Å². The van der Waals surface area contributed by atoms with E-state index in [1.165, 1.54) is 65.9 Å². The summed E-state index contributed by atoms with van der Waals surface area (Å²) in [6, 6.07) is 9.07. The number of hydrogen-bond acceptors (Lipinski definition) is 4. The van der Waals surface area contributed by atoms with Crippen molar-refractivity contribution in [1.29, 1.82) is 0 Å². The molecule has 0 fully saturated rings. The van der Waals surface area contributed by atoms with Crippen molar-refractivity contribution in [3.05, 3.63) is 53.2 Å². The maximum absolute atomic E-state index is 9.55. The van der Waals surface area contributed by atoms with Crippen molar-refractivity contribution in [2.45, 2.75) is 71.8 Å². The van der Waals surface area contributed by atoms with E-state index in [9.17, 15) is 9.59 Å². The zero-order valence-corrected chi connectivity index (χ0v) is 20.8. The van der Waals surface area contributed by atoms with E-state index < -0.39 is 11.9 Å². The van der Waals surface area contributed by atoms with Gasteiger partial charge in [0.2, 0.25) is 0 Å². The molecule has 7 heteroatoms. The average Bonchev–Trinajstić information content (AvgIpc) is 3.23. The van der Waals surface area contributed by atoms with Crippen LogP contribution in [0.5, 0.6) is 5.75 Å². The number of carbonyl (C=O) groups is 2. The average molecular weight is 481 g/mol. The molecule has 0 atom stereocenters. The van der Waals surface area contributed by atoms with E-state index in [-0.39, 0.29) is 0 Å². The first-order valence-corrected chi connectivity index (χ1v) is 12.5. The summed E-state index contributed by atoms with van der Waals surface area (Å²) in [6.45, 7) is 7.13. The van der Waals surface area contributed by atoms with Gasteiger partial charge in [-0.2, -0.15) is 0 Å². The van der Waals surface area contributed by atoms with Crippen molar-refractivity contribution in [1.82, 2.24) is 4.57 Å². The summed E-state index contributed by atoms with van der Waals surface area (Å²) in [5, 5.41) is 15.6. The van der Waals surface area contributed by atoms with Crippen molar-refractivity contribution in [2.24, 2.45) is 4.99 Å². The van der Waals surface area contributed by atoms with Crippen LogP contribution in [0.25, 0.3) is 11.3 Å². The number of aromatic nitrogens is 1. The Hall–Kier alpha value is -3.35. The van der Waals surface area contributed by atoms with Crippen molar-refractivity contribution in [2.75, 3.05) is 13.2 Å². The van der Waals surface area contributed by atoms with Gasteiger partial charge in [0.05, 0.1) is 30.3 Å². The van der Waals surface area contributed by atoms with Crippen LogP contribution in [0, 0.1) is 0 Å². The Morgan fingerprint density at radius 1 is 1.00 bits per heavy atom. The molecular weight excluding hydrogens is 444 g/mol. The van der Waals surface area contributed by atoms with Crippen LogP contribution in [0.3, 0.4) is 0 Å². The van der Waals surface area contributed by atoms with Crippen molar-refractivity contribution >= 4 is 17.7 Å². The molecule has 0 unspecified atom stereocenters. The summed E-state index contributed by atoms with van der Waals surface area (Å²) in [5.41, 5.74) is 8.21. The molecule has 0 radical (unpaired) electrons. The molecule has 4 rings (SSSR count). The topological polar surface area (TPSA) is 101 Å². The van der Waals surface area contributed by atoms with Gasteiger partial charge in [-0.1, -0.05) is 39.0 Å². The van der Waals surface area contributed by atoms with Crippen LogP contribution in [0.4, 0.5) is 0 Å². The predicted octanol–water partition coefficient (Wildman–Crippen LogP) is 5.53. The van der Waals surface area contributed by atoms with E-state index >= 15 is 0 Å². The SMILES string of the molecule is CCCCCCCCOc1ccc2c(c1)CCc1cc3n(c1-2)CCN=C3C.O=C(O)/C=C/C(=O)O. The molecule has 188 valence electrons. The maximum atomic E-state index is 9.55. The molecule has 35 heavy (non-hydrogen) atoms. The third kappa shape index (κ3) is 7.31. The maximum Gasteiger partial charge on any atom is 0.328 e. The van der Waals surface area contributed by atoms with Gasteiger partial charge < -0.3 is 19.5 Å². The van der Waals surface area contributed by atoms with E-state index in [0.717, 1.165) is 44.7 Å². The van der Waals surface area contributed by atoms with Crippen molar-refractivity contribution in [3.8, 4) is 17.0 Å². The molecule has 2 N–H and O–H groups in total. The van der Waals surface area contributed by atoms with Crippen molar-refractivity contribution < 1.29 is 24.5 Å². The third-order valence-corrected chi connectivity index (χ3v) is 6.35. The van der Waals surface area contributed by atoms with Crippen LogP contribution in [-0.2, 0) is 29.0 Å². The summed E-state index contributed by atoms with van der Waals surface area (Å²) in [4.78, 5) is 23.7. The van der Waals surface area contributed by atoms with E-state index in [2.05, 4.69) is 47.7 Å². The fourth-order valence-corrected chi connectivity index (χ4v) is 4.63. The molecule has 1 aromatic heterocycles. The fourth-order valence-electron chi connectivity index (χ4n) is 4.63. The van der Waals surface area contributed by atoms with Crippen LogP contribution in [0.1, 0.15) is 69.2 Å². The highest BCUT2D eigenvalue weighted by atomic mass is 16.5. The van der Waals surface area contributed by atoms with Gasteiger partial charge in [0.25, 0.3) is 0 Å². The van der Waals surface area contributed by atoms with E-state index in [4.69, 9.17) is 14.9 Å². The van der Waals surface area contributed by atoms with Gasteiger partial charge in [0.15, 0.2) is 0 Å². The summed E-state index contributed by atoms with van der Waals surface area (Å²) < 4.78 is 8.53. The highest BCUT2D eigenvalue weighted by molar-refractivity contribution is 5.99. The quantitative estimate of drug-likeness (QED) is 0.344. The molecular formula is C28H36N2O5. The number of aliphatic carboxylic acids is 2. The minimum Gasteiger partial charge on any atom is -0.494 e. The smallest absolute Gasteiger partial charge is 0.328 e. The van der Waals surface area contributed by atoms with Crippen molar-refractivity contribution in [3.63, 3.8) is 0 Å². The Morgan fingerprint density at radius 3 is 2.40 bits per heavy atom. The third-order valence-electron chi connectivity index (χ3n) is 6.35. The normalized spacial score (nSPS) is 13.7. The van der Waals surface area contributed by atoms with Crippen LogP contribution < -0.4 is 4.74 Å². The molecule has 2 aliphatic rings. The van der Waals surface area contributed by atoms with Gasteiger partial charge in [-0.05, 0) is 61.6 Å². The van der Waals surface area contributed by atoms with Crippen LogP contribution >= 0.6 is 0 Å². The predicted molar refractivity (Wildman–Crippen MR) is 138 cm³/mol. The largest absolute Gasteiger partial charge is 0.494 e. The number of unbranched alkanes of at least 4 members (excludes halogenated alkanes) is 5. The number of benzene rings is 1. The minimum absolute atomic E-state index is 0.558. The number of rotatable bonds is 10. The van der Waals surface area contributed by atoms with Gasteiger partial charge in [0, 0.05) is 24.3 Å². The molecule has 0 saturated heterocycles. The van der Waals surface area contributed by atoms with Crippen LogP contribution in [0.15, 0.2) is 41.4 Å². The molecule has 7 nitrogen and oxygen atoms in total. The molecule has 1 aliphatic heterocycles. The van der Waals surface area contributed by atoms with E-state index in [0.29, 0.717) is 12.2 Å². The van der Waals surface area contributed by atoms with Gasteiger partial charge in [-0.3, -0.25) is 4.99 Å². The van der Waals surface area contributed by atoms with Gasteiger partial charge in [-0.25, -0.2) is 9.59 Å². The molecule has 0 saturated carbocycles. The highest BCUT2D eigenvalue weighted by Crippen LogP contribution is 2.38. The Kier molecular flexibility index (Phi) is 9.70. The highest BCUT2D eigenvalue weighted by Gasteiger charge is 2.25. The number of fused-ring (bicyclic) bond motifs is 5. The molecule has 0 spiro atoms. The molecule has 2 aromatic rings. The number of ether oxygens (including phenoxy) is 1. The van der Waals surface area contributed by atoms with E-state index in [1.54, 1.807) is 0 Å². The second-order valence-electron chi connectivity index (χ2n) is 8.97. The first-order valence-electron chi connectivity index (χ1n) is 12.5. The molecule has 1 aromatic carbocycles. The van der Waals surface area contributed by atoms with Crippen LogP contribution in [0.2, 0.25) is 0 Å². The summed E-state index contributed by atoms with van der Waals surface area (Å²) in [7, 11) is 0. The lowest BCUT2D eigenvalue weighted by atomic mass is 9.90. The van der Waals surface area contributed by atoms with Gasteiger partial charge >= 0.3 is 11.9 Å². The minimum atomic E-state index is -1.26. The Balaban J connectivity index is 0.000000371. The molecule has 0 amide bonds. The number of nitrogens with zero attached hydrogens (tertiary/aromatic N) is 2. The van der Waals surface area contributed by atoms with Gasteiger partial charge in [0.1, 0.15) is 5.75 Å². The van der Waals surface area contributed by atoms with E-state index in [1.807, 2.05) is 0 Å². The lowest BCUT2D eigenvalue weighted by Gasteiger charge is -2.22. The summed E-state index contributed by atoms with van der Waals surface area (Å²) in [6.07, 6.45) is 11.2.